The lowest BCUT2D eigenvalue weighted by Crippen LogP contribution is -2.15. The molecule has 0 aliphatic heterocycles. The summed E-state index contributed by atoms with van der Waals surface area (Å²) in [5, 5.41) is 2.78. The molecule has 44 heavy (non-hydrogen) atoms. The number of aromatic nitrogens is 4. The number of halogens is 5. The van der Waals surface area contributed by atoms with Crippen molar-refractivity contribution in [1.29, 1.82) is 0 Å². The Labute approximate surface area is 283 Å². The van der Waals surface area contributed by atoms with Crippen LogP contribution in [-0.2, 0) is 19.7 Å². The highest BCUT2D eigenvalue weighted by molar-refractivity contribution is 7.92. The molecule has 0 bridgehead atoms. The van der Waals surface area contributed by atoms with Gasteiger partial charge in [-0.05, 0) is 75.2 Å². The Bertz CT molecular complexity index is 1780. The highest BCUT2D eigenvalue weighted by atomic mass is 35.5. The topological polar surface area (TPSA) is 158 Å². The van der Waals surface area contributed by atoms with Crippen molar-refractivity contribution in [3.8, 4) is 0 Å². The number of benzene rings is 2. The molecule has 2 aromatic carbocycles. The van der Waals surface area contributed by atoms with E-state index in [4.69, 9.17) is 63.7 Å². The molecule has 10 nitrogen and oxygen atoms in total. The van der Waals surface area contributed by atoms with Crippen molar-refractivity contribution in [2.75, 3.05) is 11.1 Å². The van der Waals surface area contributed by atoms with Crippen LogP contribution in [0.5, 0.6) is 0 Å². The van der Waals surface area contributed by atoms with Gasteiger partial charge in [0.05, 0.1) is 49.1 Å². The molecule has 0 fully saturated rings. The van der Waals surface area contributed by atoms with Crippen molar-refractivity contribution in [2.45, 2.75) is 55.4 Å². The first-order valence-electron chi connectivity index (χ1n) is 12.2. The van der Waals surface area contributed by atoms with E-state index in [0.717, 1.165) is 0 Å². The molecule has 0 amide bonds. The van der Waals surface area contributed by atoms with E-state index in [1.165, 1.54) is 24.5 Å². The van der Waals surface area contributed by atoms with Crippen molar-refractivity contribution in [1.82, 2.24) is 19.9 Å². The Hall–Kier alpha value is -2.45. The smallest absolute Gasteiger partial charge is 0.224 e. The van der Waals surface area contributed by atoms with Crippen molar-refractivity contribution in [2.24, 2.45) is 0 Å². The van der Waals surface area contributed by atoms with E-state index in [2.05, 4.69) is 25.3 Å². The first-order chi connectivity index (χ1) is 20.0. The molecule has 4 rings (SSSR count). The molecule has 0 aliphatic rings. The summed E-state index contributed by atoms with van der Waals surface area (Å²) >= 11 is 28.0. The van der Waals surface area contributed by atoms with Crippen LogP contribution in [0.15, 0.2) is 70.7 Å². The lowest BCUT2D eigenvalue weighted by Gasteiger charge is -2.14. The molecule has 0 atom stereocenters. The Kier molecular flexibility index (Phi) is 15.6. The van der Waals surface area contributed by atoms with Crippen LogP contribution in [0.25, 0.3) is 0 Å². The lowest BCUT2D eigenvalue weighted by atomic mass is 10.3. The van der Waals surface area contributed by atoms with Crippen molar-refractivity contribution < 1.29 is 16.8 Å². The second kappa shape index (κ2) is 17.3. The fourth-order valence-electron chi connectivity index (χ4n) is 2.95. The van der Waals surface area contributed by atoms with E-state index >= 15 is 0 Å². The van der Waals surface area contributed by atoms with Crippen LogP contribution in [0.2, 0.25) is 25.8 Å². The van der Waals surface area contributed by atoms with Gasteiger partial charge in [0, 0.05) is 0 Å². The third kappa shape index (κ3) is 10.9. The summed E-state index contributed by atoms with van der Waals surface area (Å²) in [7, 11) is -6.67. The average Bonchev–Trinajstić information content (AvgIpc) is 2.94. The van der Waals surface area contributed by atoms with Gasteiger partial charge in [-0.15, -0.1) is 0 Å². The van der Waals surface area contributed by atoms with Crippen LogP contribution in [0, 0.1) is 0 Å². The number of hydrogen-bond acceptors (Lipinski definition) is 10. The van der Waals surface area contributed by atoms with E-state index in [0.29, 0.717) is 16.4 Å². The Morgan fingerprint density at radius 3 is 1.64 bits per heavy atom. The summed E-state index contributed by atoms with van der Waals surface area (Å²) in [6.07, 6.45) is 2.69. The third-order valence-corrected chi connectivity index (χ3v) is 11.0. The van der Waals surface area contributed by atoms with Gasteiger partial charge >= 0.3 is 0 Å². The van der Waals surface area contributed by atoms with Crippen LogP contribution < -0.4 is 11.1 Å². The van der Waals surface area contributed by atoms with Crippen molar-refractivity contribution in [3.63, 3.8) is 0 Å². The molecular weight excluding hydrogens is 714 g/mol. The summed E-state index contributed by atoms with van der Waals surface area (Å²) in [6.45, 7) is 6.53. The summed E-state index contributed by atoms with van der Waals surface area (Å²) < 4.78 is 48.1. The fourth-order valence-corrected chi connectivity index (χ4v) is 6.00. The van der Waals surface area contributed by atoms with Crippen LogP contribution >= 0.6 is 58.0 Å². The van der Waals surface area contributed by atoms with Crippen molar-refractivity contribution >= 4 is 94.9 Å². The van der Waals surface area contributed by atoms with Gasteiger partial charge < -0.3 is 11.1 Å². The predicted octanol–water partition coefficient (Wildman–Crippen LogP) is 8.23. The molecule has 3 N–H and O–H groups in total. The highest BCUT2D eigenvalue weighted by Crippen LogP contribution is 2.30. The minimum absolute atomic E-state index is 0. The van der Waals surface area contributed by atoms with Crippen molar-refractivity contribution in [3.05, 3.63) is 86.7 Å². The number of nitrogens with two attached hydrogens (primary N) is 1. The first-order valence-corrected chi connectivity index (χ1v) is 17.2. The molecule has 2 heterocycles. The predicted molar refractivity (Wildman–Crippen MR) is 181 cm³/mol. The first kappa shape index (κ1) is 39.6. The molecule has 0 spiro atoms. The van der Waals surface area contributed by atoms with Gasteiger partial charge in [0.15, 0.2) is 30.6 Å². The number of nitrogens with zero attached hydrogens (tertiary/aromatic N) is 4. The monoisotopic (exact) mass is 742 g/mol. The molecule has 17 heteroatoms. The van der Waals surface area contributed by atoms with Gasteiger partial charge in [0.1, 0.15) is 5.02 Å². The zero-order valence-corrected chi connectivity index (χ0v) is 28.5. The van der Waals surface area contributed by atoms with Crippen LogP contribution in [0.4, 0.5) is 17.2 Å². The Balaban J connectivity index is 0.000000359. The highest BCUT2D eigenvalue weighted by Gasteiger charge is 2.23. The van der Waals surface area contributed by atoms with Gasteiger partial charge in [0.2, 0.25) is 10.6 Å². The number of para-hydroxylation sites is 2. The number of hydrogen-bond donors (Lipinski definition) is 2. The summed E-state index contributed by atoms with van der Waals surface area (Å²) in [6, 6.07) is 13.1. The second-order valence-electron chi connectivity index (χ2n) is 8.96. The number of anilines is 3. The second-order valence-corrected chi connectivity index (χ2v) is 15.8. The summed E-state index contributed by atoms with van der Waals surface area (Å²) in [5.74, 6) is 0.253. The number of nitrogens with one attached hydrogen (secondary N) is 1. The maximum Gasteiger partial charge on any atom is 0.224 e. The van der Waals surface area contributed by atoms with Crippen LogP contribution in [0.3, 0.4) is 0 Å². The van der Waals surface area contributed by atoms with E-state index in [-0.39, 0.29) is 43.8 Å². The molecule has 0 saturated heterocycles. The minimum Gasteiger partial charge on any atom is -0.398 e. The maximum absolute atomic E-state index is 12.4. The standard InChI is InChI=1S/C13H13Cl2N3O2S.C9H13NO2S.C4HCl3N2.CH4/c1-8(2)21(19,20)11-6-4-3-5-10(11)17-12-9(14)7-16-13(15)18-12;1-7(2)13(11,12)9-6-4-3-5-8(9)10;5-2-1-8-4(7)9-3(2)6;/h3-8H,1-2H3,(H,16,17,18);3-7H,10H2,1-2H3;1H;1H4. The van der Waals surface area contributed by atoms with Gasteiger partial charge in [-0.3, -0.25) is 0 Å². The molecule has 2 aromatic heterocycles. The quantitative estimate of drug-likeness (QED) is 0.112. The number of nitrogen functional groups attached to an aromatic ring is 1. The Morgan fingerprint density at radius 1 is 0.682 bits per heavy atom. The number of sulfone groups is 2. The fraction of sp³-hybridized carbons (Fsp3) is 0.259. The minimum atomic E-state index is -3.43. The summed E-state index contributed by atoms with van der Waals surface area (Å²) in [5.41, 5.74) is 6.27. The maximum atomic E-state index is 12.4. The van der Waals surface area contributed by atoms with Gasteiger partial charge in [-0.25, -0.2) is 31.8 Å². The van der Waals surface area contributed by atoms with Gasteiger partial charge in [-0.2, -0.15) is 4.98 Å². The van der Waals surface area contributed by atoms with Crippen LogP contribution in [0.1, 0.15) is 35.1 Å². The molecular formula is C27H31Cl5N6O4S2. The van der Waals surface area contributed by atoms with E-state index in [9.17, 15) is 16.8 Å². The molecule has 4 aromatic rings. The normalized spacial score (nSPS) is 11.1. The third-order valence-electron chi connectivity index (χ3n) is 5.30. The number of rotatable bonds is 6. The van der Waals surface area contributed by atoms with E-state index in [1.807, 2.05) is 0 Å². The van der Waals surface area contributed by atoms with E-state index in [1.54, 1.807) is 64.1 Å². The lowest BCUT2D eigenvalue weighted by molar-refractivity contribution is 0.586. The molecule has 0 saturated carbocycles. The molecule has 240 valence electrons. The SMILES string of the molecule is C.CC(C)S(=O)(=O)c1ccccc1N.CC(C)S(=O)(=O)c1ccccc1Nc1nc(Cl)ncc1Cl.Clc1ncc(Cl)c(Cl)n1. The largest absolute Gasteiger partial charge is 0.398 e. The van der Waals surface area contributed by atoms with Gasteiger partial charge in [0.25, 0.3) is 0 Å². The zero-order chi connectivity index (χ0) is 32.5. The summed E-state index contributed by atoms with van der Waals surface area (Å²) in [4.78, 5) is 15.2. The Morgan fingerprint density at radius 2 is 1.14 bits per heavy atom. The van der Waals surface area contributed by atoms with Crippen LogP contribution in [-0.4, -0.2) is 47.3 Å². The van der Waals surface area contributed by atoms with Gasteiger partial charge in [-0.1, -0.05) is 66.5 Å². The average molecular weight is 745 g/mol. The molecule has 0 aliphatic carbocycles. The zero-order valence-electron chi connectivity index (χ0n) is 23.1. The van der Waals surface area contributed by atoms with E-state index < -0.39 is 30.2 Å². The molecule has 0 radical (unpaired) electrons. The molecule has 0 unspecified atom stereocenters.